The number of benzene rings is 2. The average molecular weight is 389 g/mol. The van der Waals surface area contributed by atoms with E-state index >= 15 is 0 Å². The fourth-order valence-electron chi connectivity index (χ4n) is 2.12. The Labute approximate surface area is 155 Å². The van der Waals surface area contributed by atoms with Gasteiger partial charge in [-0.15, -0.1) is 12.4 Å². The van der Waals surface area contributed by atoms with Gasteiger partial charge in [0.25, 0.3) is 5.91 Å². The van der Waals surface area contributed by atoms with Crippen LogP contribution in [-0.4, -0.2) is 25.2 Å². The number of nitrogens with two attached hydrogens (primary N) is 1. The van der Waals surface area contributed by atoms with E-state index in [1.54, 1.807) is 24.3 Å². The Morgan fingerprint density at radius 3 is 2.19 bits per heavy atom. The lowest BCUT2D eigenvalue weighted by atomic mass is 10.1. The monoisotopic (exact) mass is 388 g/mol. The summed E-state index contributed by atoms with van der Waals surface area (Å²) in [4.78, 5) is 12.2. The molecule has 0 saturated heterocycles. The summed E-state index contributed by atoms with van der Waals surface area (Å²) in [5.74, 6) is 0.315. The molecular formula is C18H20ClF3N2O2. The molecule has 0 spiro atoms. The van der Waals surface area contributed by atoms with Crippen LogP contribution in [0.25, 0.3) is 0 Å². The largest absolute Gasteiger partial charge is 0.492 e. The van der Waals surface area contributed by atoms with E-state index in [1.807, 2.05) is 0 Å². The number of rotatable bonds is 7. The van der Waals surface area contributed by atoms with E-state index in [2.05, 4.69) is 5.32 Å². The second-order valence-electron chi connectivity index (χ2n) is 5.43. The molecule has 0 heterocycles. The molecule has 4 nitrogen and oxygen atoms in total. The minimum Gasteiger partial charge on any atom is -0.492 e. The van der Waals surface area contributed by atoms with Gasteiger partial charge in [-0.2, -0.15) is 13.2 Å². The van der Waals surface area contributed by atoms with Crippen molar-refractivity contribution in [3.05, 3.63) is 59.7 Å². The van der Waals surface area contributed by atoms with Gasteiger partial charge in [-0.1, -0.05) is 12.1 Å². The Balaban J connectivity index is 0.00000338. The van der Waals surface area contributed by atoms with Gasteiger partial charge in [0, 0.05) is 24.2 Å². The number of carbonyl (C=O) groups is 1. The molecule has 0 atom stereocenters. The first-order valence-corrected chi connectivity index (χ1v) is 7.77. The van der Waals surface area contributed by atoms with Gasteiger partial charge in [-0.05, 0) is 48.4 Å². The maximum Gasteiger partial charge on any atom is 0.389 e. The molecule has 0 aliphatic carbocycles. The lowest BCUT2D eigenvalue weighted by Gasteiger charge is -2.09. The zero-order chi connectivity index (χ0) is 18.3. The summed E-state index contributed by atoms with van der Waals surface area (Å²) in [7, 11) is 0. The van der Waals surface area contributed by atoms with Crippen molar-refractivity contribution >= 4 is 24.0 Å². The first kappa shape index (κ1) is 21.8. The van der Waals surface area contributed by atoms with E-state index < -0.39 is 12.6 Å². The van der Waals surface area contributed by atoms with E-state index in [1.165, 1.54) is 24.3 Å². The molecule has 0 aromatic heterocycles. The molecule has 0 aliphatic rings. The fourth-order valence-corrected chi connectivity index (χ4v) is 2.12. The van der Waals surface area contributed by atoms with Gasteiger partial charge in [-0.25, -0.2) is 0 Å². The van der Waals surface area contributed by atoms with Crippen LogP contribution in [0.1, 0.15) is 22.3 Å². The summed E-state index contributed by atoms with van der Waals surface area (Å²) in [5, 5.41) is 2.72. The van der Waals surface area contributed by atoms with Gasteiger partial charge in [0.1, 0.15) is 12.4 Å². The number of amides is 1. The maximum absolute atomic E-state index is 12.2. The molecule has 2 aromatic rings. The summed E-state index contributed by atoms with van der Waals surface area (Å²) in [6.45, 7) is 0.823. The molecule has 2 aromatic carbocycles. The summed E-state index contributed by atoms with van der Waals surface area (Å²) in [6.07, 6.45) is -5.16. The third-order valence-corrected chi connectivity index (χ3v) is 3.41. The van der Waals surface area contributed by atoms with E-state index in [9.17, 15) is 18.0 Å². The first-order chi connectivity index (χ1) is 11.9. The van der Waals surface area contributed by atoms with Gasteiger partial charge in [0.15, 0.2) is 0 Å². The number of hydrogen-bond acceptors (Lipinski definition) is 3. The summed E-state index contributed by atoms with van der Waals surface area (Å²) >= 11 is 0. The van der Waals surface area contributed by atoms with Crippen molar-refractivity contribution in [2.45, 2.75) is 19.0 Å². The van der Waals surface area contributed by atoms with Crippen molar-refractivity contribution in [1.82, 2.24) is 0 Å². The van der Waals surface area contributed by atoms with Crippen LogP contribution in [0, 0.1) is 0 Å². The Hall–Kier alpha value is -2.25. The minimum absolute atomic E-state index is 0. The average Bonchev–Trinajstić information content (AvgIpc) is 2.59. The highest BCUT2D eigenvalue weighted by atomic mass is 35.5. The van der Waals surface area contributed by atoms with Crippen molar-refractivity contribution in [1.29, 1.82) is 0 Å². The molecule has 0 fully saturated rings. The zero-order valence-corrected chi connectivity index (χ0v) is 14.7. The molecule has 0 radical (unpaired) electrons. The highest BCUT2D eigenvalue weighted by molar-refractivity contribution is 6.04. The number of aryl methyl sites for hydroxylation is 1. The van der Waals surface area contributed by atoms with Crippen molar-refractivity contribution in [3.63, 3.8) is 0 Å². The molecule has 0 aliphatic heterocycles. The molecule has 26 heavy (non-hydrogen) atoms. The quantitative estimate of drug-likeness (QED) is 0.747. The predicted octanol–water partition coefficient (Wildman–Crippen LogP) is 4.19. The third-order valence-electron chi connectivity index (χ3n) is 3.41. The Morgan fingerprint density at radius 2 is 1.65 bits per heavy atom. The van der Waals surface area contributed by atoms with Gasteiger partial charge in [0.2, 0.25) is 0 Å². The topological polar surface area (TPSA) is 64.3 Å². The number of carbonyl (C=O) groups excluding carboxylic acids is 1. The van der Waals surface area contributed by atoms with E-state index in [4.69, 9.17) is 10.5 Å². The molecule has 0 unspecified atom stereocenters. The van der Waals surface area contributed by atoms with Crippen LogP contribution in [-0.2, 0) is 6.42 Å². The Bertz CT molecular complexity index is 689. The van der Waals surface area contributed by atoms with Crippen molar-refractivity contribution in [3.8, 4) is 5.75 Å². The molecule has 1 amide bonds. The predicted molar refractivity (Wildman–Crippen MR) is 97.0 cm³/mol. The van der Waals surface area contributed by atoms with Gasteiger partial charge >= 0.3 is 6.18 Å². The maximum atomic E-state index is 12.2. The van der Waals surface area contributed by atoms with Crippen LogP contribution in [0.4, 0.5) is 18.9 Å². The SMILES string of the molecule is Cl.NCCOc1ccc(NC(=O)c2ccc(CCC(F)(F)F)cc2)cc1. The number of hydrogen-bond donors (Lipinski definition) is 2. The molecule has 0 bridgehead atoms. The summed E-state index contributed by atoms with van der Waals surface area (Å²) in [6, 6.07) is 12.9. The van der Waals surface area contributed by atoms with E-state index in [0.29, 0.717) is 35.7 Å². The van der Waals surface area contributed by atoms with Crippen LogP contribution in [0.15, 0.2) is 48.5 Å². The van der Waals surface area contributed by atoms with Gasteiger partial charge in [-0.3, -0.25) is 4.79 Å². The first-order valence-electron chi connectivity index (χ1n) is 7.77. The molecule has 8 heteroatoms. The van der Waals surface area contributed by atoms with Gasteiger partial charge in [0.05, 0.1) is 0 Å². The van der Waals surface area contributed by atoms with Crippen molar-refractivity contribution < 1.29 is 22.7 Å². The molecule has 2 rings (SSSR count). The number of anilines is 1. The van der Waals surface area contributed by atoms with Gasteiger partial charge < -0.3 is 15.8 Å². The Kier molecular flexibility index (Phi) is 8.41. The molecule has 0 saturated carbocycles. The standard InChI is InChI=1S/C18H19F3N2O2.ClH/c19-18(20,21)10-9-13-1-3-14(4-2-13)17(24)23-15-5-7-16(8-6-15)25-12-11-22;/h1-8H,9-12,22H2,(H,23,24);1H. The number of ether oxygens (including phenoxy) is 1. The number of alkyl halides is 3. The summed E-state index contributed by atoms with van der Waals surface area (Å²) < 4.78 is 42.0. The highest BCUT2D eigenvalue weighted by Crippen LogP contribution is 2.22. The molecular weight excluding hydrogens is 369 g/mol. The zero-order valence-electron chi connectivity index (χ0n) is 13.9. The number of nitrogens with one attached hydrogen (secondary N) is 1. The van der Waals surface area contributed by atoms with Crippen LogP contribution < -0.4 is 15.8 Å². The van der Waals surface area contributed by atoms with Crippen LogP contribution in [0.5, 0.6) is 5.75 Å². The lowest BCUT2D eigenvalue weighted by Crippen LogP contribution is -2.12. The fraction of sp³-hybridized carbons (Fsp3) is 0.278. The van der Waals surface area contributed by atoms with Crippen molar-refractivity contribution in [2.24, 2.45) is 5.73 Å². The summed E-state index contributed by atoms with van der Waals surface area (Å²) in [5.41, 5.74) is 6.85. The van der Waals surface area contributed by atoms with E-state index in [-0.39, 0.29) is 24.7 Å². The second-order valence-corrected chi connectivity index (χ2v) is 5.43. The molecule has 142 valence electrons. The van der Waals surface area contributed by atoms with Crippen molar-refractivity contribution in [2.75, 3.05) is 18.5 Å². The van der Waals surface area contributed by atoms with Crippen LogP contribution in [0.2, 0.25) is 0 Å². The van der Waals surface area contributed by atoms with E-state index in [0.717, 1.165) is 0 Å². The highest BCUT2D eigenvalue weighted by Gasteiger charge is 2.26. The second kappa shape index (κ2) is 10.0. The Morgan fingerprint density at radius 1 is 1.04 bits per heavy atom. The van der Waals surface area contributed by atoms with Crippen LogP contribution in [0.3, 0.4) is 0 Å². The smallest absolute Gasteiger partial charge is 0.389 e. The van der Waals surface area contributed by atoms with Crippen LogP contribution >= 0.6 is 12.4 Å². The lowest BCUT2D eigenvalue weighted by molar-refractivity contribution is -0.134. The third kappa shape index (κ3) is 7.33. The normalized spacial score (nSPS) is 10.8. The molecule has 3 N–H and O–H groups in total. The number of halogens is 4. The minimum atomic E-state index is -4.18.